The molecule has 7 heteroatoms. The number of rotatable bonds is 1. The molecule has 1 aliphatic heterocycles. The Morgan fingerprint density at radius 2 is 2.06 bits per heavy atom. The molecule has 2 atom stereocenters. The van der Waals surface area contributed by atoms with E-state index in [0.29, 0.717) is 13.0 Å². The van der Waals surface area contributed by atoms with Crippen LogP contribution in [0.4, 0.5) is 14.0 Å². The monoisotopic (exact) mass is 261 g/mol. The molecule has 1 saturated heterocycles. The average Bonchev–Trinajstić information content (AvgIpc) is 2.17. The SMILES string of the molecule is CC(C)(C)OC(=O)N[C@H]1CCN(C(N)=O)C[C@@H]1F. The Morgan fingerprint density at radius 1 is 1.44 bits per heavy atom. The van der Waals surface area contributed by atoms with Crippen molar-refractivity contribution < 1.29 is 18.7 Å². The number of alkyl halides is 1. The van der Waals surface area contributed by atoms with Crippen LogP contribution in [0.3, 0.4) is 0 Å². The second-order valence-corrected chi connectivity index (χ2v) is 5.34. The van der Waals surface area contributed by atoms with E-state index in [4.69, 9.17) is 10.5 Å². The molecule has 0 aromatic rings. The standard InChI is InChI=1S/C11H20FN3O3/c1-11(2,3)18-10(17)14-8-4-5-15(9(13)16)6-7(8)12/h7-8H,4-6H2,1-3H3,(H2,13,16)(H,14,17)/t7-,8-/m0/s1. The summed E-state index contributed by atoms with van der Waals surface area (Å²) in [5, 5.41) is 2.47. The normalized spacial score (nSPS) is 24.6. The van der Waals surface area contributed by atoms with Gasteiger partial charge in [0.2, 0.25) is 0 Å². The van der Waals surface area contributed by atoms with Gasteiger partial charge in [-0.15, -0.1) is 0 Å². The summed E-state index contributed by atoms with van der Waals surface area (Å²) in [6, 6.07) is -1.29. The van der Waals surface area contributed by atoms with E-state index in [-0.39, 0.29) is 6.54 Å². The van der Waals surface area contributed by atoms with Crippen LogP contribution in [0.1, 0.15) is 27.2 Å². The summed E-state index contributed by atoms with van der Waals surface area (Å²) < 4.78 is 18.8. The van der Waals surface area contributed by atoms with Crippen molar-refractivity contribution >= 4 is 12.1 Å². The smallest absolute Gasteiger partial charge is 0.407 e. The molecule has 1 fully saturated rings. The molecule has 1 aliphatic rings. The Kier molecular flexibility index (Phi) is 4.37. The molecule has 6 nitrogen and oxygen atoms in total. The molecule has 3 amide bonds. The van der Waals surface area contributed by atoms with Crippen LogP contribution in [0.5, 0.6) is 0 Å². The third-order valence-electron chi connectivity index (χ3n) is 2.56. The van der Waals surface area contributed by atoms with Crippen molar-refractivity contribution in [3.63, 3.8) is 0 Å². The number of carbonyl (C=O) groups excluding carboxylic acids is 2. The van der Waals surface area contributed by atoms with Crippen molar-refractivity contribution in [1.29, 1.82) is 0 Å². The van der Waals surface area contributed by atoms with Gasteiger partial charge < -0.3 is 20.7 Å². The summed E-state index contributed by atoms with van der Waals surface area (Å²) in [6.07, 6.45) is -1.66. The van der Waals surface area contributed by atoms with Crippen LogP contribution in [-0.2, 0) is 4.74 Å². The van der Waals surface area contributed by atoms with E-state index >= 15 is 0 Å². The molecule has 0 saturated carbocycles. The molecule has 104 valence electrons. The molecule has 0 spiro atoms. The zero-order chi connectivity index (χ0) is 13.9. The maximum absolute atomic E-state index is 13.7. The molecule has 0 aromatic carbocycles. The zero-order valence-electron chi connectivity index (χ0n) is 10.9. The van der Waals surface area contributed by atoms with Crippen LogP contribution in [0.2, 0.25) is 0 Å². The van der Waals surface area contributed by atoms with Crippen LogP contribution < -0.4 is 11.1 Å². The van der Waals surface area contributed by atoms with E-state index < -0.39 is 29.9 Å². The lowest BCUT2D eigenvalue weighted by Crippen LogP contribution is -2.55. The van der Waals surface area contributed by atoms with Gasteiger partial charge in [0.15, 0.2) is 0 Å². The lowest BCUT2D eigenvalue weighted by Gasteiger charge is -2.34. The number of halogens is 1. The molecule has 0 aromatic heterocycles. The maximum atomic E-state index is 13.7. The Hall–Kier alpha value is -1.53. The molecule has 0 aliphatic carbocycles. The van der Waals surface area contributed by atoms with Crippen molar-refractivity contribution in [2.24, 2.45) is 5.73 Å². The molecular weight excluding hydrogens is 241 g/mol. The van der Waals surface area contributed by atoms with Crippen molar-refractivity contribution in [3.8, 4) is 0 Å². The average molecular weight is 261 g/mol. The fourth-order valence-electron chi connectivity index (χ4n) is 1.73. The van der Waals surface area contributed by atoms with E-state index in [1.165, 1.54) is 4.90 Å². The second-order valence-electron chi connectivity index (χ2n) is 5.34. The Balaban J connectivity index is 2.45. The van der Waals surface area contributed by atoms with Gasteiger partial charge in [0.25, 0.3) is 0 Å². The highest BCUT2D eigenvalue weighted by atomic mass is 19.1. The summed E-state index contributed by atoms with van der Waals surface area (Å²) in [5.74, 6) is 0. The fourth-order valence-corrected chi connectivity index (χ4v) is 1.73. The molecule has 1 heterocycles. The van der Waals surface area contributed by atoms with E-state index in [1.54, 1.807) is 20.8 Å². The lowest BCUT2D eigenvalue weighted by atomic mass is 10.0. The first kappa shape index (κ1) is 14.5. The van der Waals surface area contributed by atoms with Crippen LogP contribution in [0, 0.1) is 0 Å². The predicted octanol–water partition coefficient (Wildman–Crippen LogP) is 1.00. The molecule has 3 N–H and O–H groups in total. The number of carbonyl (C=O) groups is 2. The molecule has 0 unspecified atom stereocenters. The number of nitrogens with two attached hydrogens (primary N) is 1. The number of hydrogen-bond acceptors (Lipinski definition) is 3. The van der Waals surface area contributed by atoms with Crippen molar-refractivity contribution in [1.82, 2.24) is 10.2 Å². The summed E-state index contributed by atoms with van der Waals surface area (Å²) in [6.45, 7) is 5.42. The number of likely N-dealkylation sites (tertiary alicyclic amines) is 1. The first-order chi connectivity index (χ1) is 8.19. The second kappa shape index (κ2) is 5.41. The molecule has 1 rings (SSSR count). The lowest BCUT2D eigenvalue weighted by molar-refractivity contribution is 0.0424. The number of primary amides is 1. The zero-order valence-corrected chi connectivity index (χ0v) is 10.9. The number of alkyl carbamates (subject to hydrolysis) is 1. The fraction of sp³-hybridized carbons (Fsp3) is 0.818. The van der Waals surface area contributed by atoms with Gasteiger partial charge in [-0.3, -0.25) is 0 Å². The quantitative estimate of drug-likeness (QED) is 0.738. The van der Waals surface area contributed by atoms with Crippen LogP contribution in [-0.4, -0.2) is 47.9 Å². The minimum atomic E-state index is -1.33. The third-order valence-corrected chi connectivity index (χ3v) is 2.56. The van der Waals surface area contributed by atoms with Gasteiger partial charge in [0.05, 0.1) is 12.6 Å². The van der Waals surface area contributed by atoms with Gasteiger partial charge in [0, 0.05) is 6.54 Å². The van der Waals surface area contributed by atoms with Gasteiger partial charge >= 0.3 is 12.1 Å². The summed E-state index contributed by atoms with van der Waals surface area (Å²) in [4.78, 5) is 23.6. The van der Waals surface area contributed by atoms with Gasteiger partial charge in [-0.05, 0) is 27.2 Å². The summed E-state index contributed by atoms with van der Waals surface area (Å²) in [5.41, 5.74) is 4.45. The van der Waals surface area contributed by atoms with Crippen LogP contribution >= 0.6 is 0 Å². The van der Waals surface area contributed by atoms with Gasteiger partial charge in [-0.2, -0.15) is 0 Å². The van der Waals surface area contributed by atoms with Crippen molar-refractivity contribution in [2.45, 2.75) is 45.0 Å². The highest BCUT2D eigenvalue weighted by Gasteiger charge is 2.32. The minimum Gasteiger partial charge on any atom is -0.444 e. The molecule has 0 bridgehead atoms. The Labute approximate surface area is 106 Å². The number of ether oxygens (including phenoxy) is 1. The number of nitrogens with one attached hydrogen (secondary N) is 1. The van der Waals surface area contributed by atoms with E-state index in [1.807, 2.05) is 0 Å². The van der Waals surface area contributed by atoms with Crippen LogP contribution in [0.25, 0.3) is 0 Å². The van der Waals surface area contributed by atoms with E-state index in [0.717, 1.165) is 0 Å². The third kappa shape index (κ3) is 4.38. The highest BCUT2D eigenvalue weighted by Crippen LogP contribution is 2.15. The van der Waals surface area contributed by atoms with Crippen molar-refractivity contribution in [3.05, 3.63) is 0 Å². The number of hydrogen-bond donors (Lipinski definition) is 2. The Morgan fingerprint density at radius 3 is 2.50 bits per heavy atom. The topological polar surface area (TPSA) is 84.7 Å². The summed E-state index contributed by atoms with van der Waals surface area (Å²) in [7, 11) is 0. The first-order valence-corrected chi connectivity index (χ1v) is 5.87. The number of urea groups is 1. The molecule has 0 radical (unpaired) electrons. The van der Waals surface area contributed by atoms with E-state index in [2.05, 4.69) is 5.32 Å². The Bertz CT molecular complexity index is 330. The van der Waals surface area contributed by atoms with Crippen LogP contribution in [0.15, 0.2) is 0 Å². The highest BCUT2D eigenvalue weighted by molar-refractivity contribution is 5.72. The molecular formula is C11H20FN3O3. The molecule has 18 heavy (non-hydrogen) atoms. The predicted molar refractivity (Wildman–Crippen MR) is 63.8 cm³/mol. The van der Waals surface area contributed by atoms with Gasteiger partial charge in [-0.1, -0.05) is 0 Å². The van der Waals surface area contributed by atoms with Gasteiger partial charge in [-0.25, -0.2) is 14.0 Å². The van der Waals surface area contributed by atoms with Gasteiger partial charge in [0.1, 0.15) is 11.8 Å². The van der Waals surface area contributed by atoms with Crippen molar-refractivity contribution in [2.75, 3.05) is 13.1 Å². The largest absolute Gasteiger partial charge is 0.444 e. The minimum absolute atomic E-state index is 0.101. The van der Waals surface area contributed by atoms with E-state index in [9.17, 15) is 14.0 Å². The number of piperidine rings is 1. The maximum Gasteiger partial charge on any atom is 0.407 e. The summed E-state index contributed by atoms with van der Waals surface area (Å²) >= 11 is 0. The number of amides is 3. The first-order valence-electron chi connectivity index (χ1n) is 5.87. The number of nitrogens with zero attached hydrogens (tertiary/aromatic N) is 1.